The number of halogens is 1. The smallest absolute Gasteiger partial charge is 0.364 e. The zero-order valence-electron chi connectivity index (χ0n) is 15.3. The van der Waals surface area contributed by atoms with Crippen LogP contribution in [0.4, 0.5) is 0 Å². The molecule has 2 aliphatic rings. The second-order valence-electron chi connectivity index (χ2n) is 6.59. The summed E-state index contributed by atoms with van der Waals surface area (Å²) in [4.78, 5) is 21.0. The summed E-state index contributed by atoms with van der Waals surface area (Å²) in [6.45, 7) is 3.73. The summed E-state index contributed by atoms with van der Waals surface area (Å²) in [5.74, 6) is -0.303. The molecule has 0 spiro atoms. The molecular formula is C20H20ClNO6. The zero-order chi connectivity index (χ0) is 20.5. The van der Waals surface area contributed by atoms with Gasteiger partial charge in [-0.2, -0.15) is 0 Å². The zero-order valence-corrected chi connectivity index (χ0v) is 16.0. The Morgan fingerprint density at radius 1 is 1.54 bits per heavy atom. The van der Waals surface area contributed by atoms with Crippen LogP contribution in [0, 0.1) is 10.1 Å². The Kier molecular flexibility index (Phi) is 5.58. The molecule has 7 nitrogen and oxygen atoms in total. The molecule has 1 saturated heterocycles. The number of nitro groups is 1. The molecule has 1 heterocycles. The molecule has 0 saturated carbocycles. The van der Waals surface area contributed by atoms with Gasteiger partial charge in [0.1, 0.15) is 5.76 Å². The standard InChI is InChI=1S/C20H20ClNO6/c1-3-7-12-8-6-11-15-16(12)28-18(20(21,17(15)23)22(25)26)13-9-4-5-10-14(13)19(24)27-2/h3-5,9-11,17-18,23H,1,6-8H2,2H3/t17-,18-,20+/m0/s1. The van der Waals surface area contributed by atoms with Crippen LogP contribution in [0.5, 0.6) is 0 Å². The van der Waals surface area contributed by atoms with Crippen molar-refractivity contribution in [3.05, 3.63) is 81.1 Å². The predicted octanol–water partition coefficient (Wildman–Crippen LogP) is 3.67. The normalized spacial score (nSPS) is 26.6. The summed E-state index contributed by atoms with van der Waals surface area (Å²) in [6, 6.07) is 6.19. The van der Waals surface area contributed by atoms with Crippen molar-refractivity contribution in [3.63, 3.8) is 0 Å². The third kappa shape index (κ3) is 3.10. The highest BCUT2D eigenvalue weighted by Gasteiger charge is 2.63. The van der Waals surface area contributed by atoms with Gasteiger partial charge >= 0.3 is 11.0 Å². The summed E-state index contributed by atoms with van der Waals surface area (Å²) in [7, 11) is 1.21. The van der Waals surface area contributed by atoms with Gasteiger partial charge < -0.3 is 14.6 Å². The second-order valence-corrected chi connectivity index (χ2v) is 7.19. The topological polar surface area (TPSA) is 98.9 Å². The fourth-order valence-corrected chi connectivity index (χ4v) is 3.91. The van der Waals surface area contributed by atoms with Gasteiger partial charge in [-0.3, -0.25) is 10.1 Å². The number of alkyl halides is 1. The van der Waals surface area contributed by atoms with Crippen molar-refractivity contribution in [1.29, 1.82) is 0 Å². The predicted molar refractivity (Wildman–Crippen MR) is 102 cm³/mol. The van der Waals surface area contributed by atoms with E-state index in [-0.39, 0.29) is 11.1 Å². The van der Waals surface area contributed by atoms with Gasteiger partial charge in [0.15, 0.2) is 6.10 Å². The molecule has 1 aromatic carbocycles. The van der Waals surface area contributed by atoms with E-state index in [1.54, 1.807) is 24.3 Å². The minimum atomic E-state index is -2.41. The van der Waals surface area contributed by atoms with E-state index in [1.165, 1.54) is 19.2 Å². The molecule has 28 heavy (non-hydrogen) atoms. The monoisotopic (exact) mass is 405 g/mol. The number of aliphatic hydroxyl groups is 1. The van der Waals surface area contributed by atoms with Crippen LogP contribution in [0.25, 0.3) is 0 Å². The molecule has 1 N–H and O–H groups in total. The van der Waals surface area contributed by atoms with E-state index in [1.807, 2.05) is 0 Å². The maximum atomic E-state index is 12.2. The van der Waals surface area contributed by atoms with E-state index >= 15 is 0 Å². The Hall–Kier alpha value is -2.64. The minimum Gasteiger partial charge on any atom is -0.476 e. The molecule has 3 rings (SSSR count). The van der Waals surface area contributed by atoms with E-state index in [9.17, 15) is 20.0 Å². The van der Waals surface area contributed by atoms with E-state index in [2.05, 4.69) is 6.58 Å². The third-order valence-corrected chi connectivity index (χ3v) is 5.54. The second kappa shape index (κ2) is 7.77. The molecule has 0 unspecified atom stereocenters. The van der Waals surface area contributed by atoms with Gasteiger partial charge in [0.05, 0.1) is 17.6 Å². The molecule has 0 radical (unpaired) electrons. The Balaban J connectivity index is 2.21. The Morgan fingerprint density at radius 2 is 2.25 bits per heavy atom. The number of methoxy groups -OCH3 is 1. The fraction of sp³-hybridized carbons (Fsp3) is 0.350. The SMILES string of the molecule is C=CCC1=C2O[C@@H](c3ccccc3C(=O)OC)[C@](Cl)([N+](=O)[O-])[C@@H](O)C2=CCC1. The van der Waals surface area contributed by atoms with Gasteiger partial charge in [0, 0.05) is 11.1 Å². The first-order valence-electron chi connectivity index (χ1n) is 8.74. The number of allylic oxidation sites excluding steroid dienone is 3. The van der Waals surface area contributed by atoms with E-state index in [0.29, 0.717) is 30.6 Å². The summed E-state index contributed by atoms with van der Waals surface area (Å²) in [5.41, 5.74) is 1.43. The molecule has 1 fully saturated rings. The molecule has 148 valence electrons. The lowest BCUT2D eigenvalue weighted by atomic mass is 9.82. The van der Waals surface area contributed by atoms with E-state index < -0.39 is 28.1 Å². The Morgan fingerprint density at radius 3 is 2.89 bits per heavy atom. The number of rotatable bonds is 5. The van der Waals surface area contributed by atoms with Crippen LogP contribution in [-0.4, -0.2) is 34.2 Å². The molecule has 0 aromatic heterocycles. The third-order valence-electron chi connectivity index (χ3n) is 4.99. The molecule has 1 aromatic rings. The van der Waals surface area contributed by atoms with Crippen LogP contribution >= 0.6 is 11.6 Å². The van der Waals surface area contributed by atoms with Crippen LogP contribution in [-0.2, 0) is 9.47 Å². The number of nitrogens with zero attached hydrogens (tertiary/aromatic N) is 1. The Labute approximate surface area is 167 Å². The van der Waals surface area contributed by atoms with Crippen molar-refractivity contribution in [2.45, 2.75) is 36.5 Å². The maximum Gasteiger partial charge on any atom is 0.364 e. The van der Waals surface area contributed by atoms with Crippen LogP contribution in [0.15, 0.2) is 59.9 Å². The highest BCUT2D eigenvalue weighted by molar-refractivity contribution is 6.24. The van der Waals surface area contributed by atoms with Gasteiger partial charge in [0.2, 0.25) is 6.10 Å². The number of aliphatic hydroxyl groups excluding tert-OH is 1. The van der Waals surface area contributed by atoms with Gasteiger partial charge in [-0.15, -0.1) is 6.58 Å². The molecule has 0 amide bonds. The van der Waals surface area contributed by atoms with E-state index in [4.69, 9.17) is 21.1 Å². The van der Waals surface area contributed by atoms with Crippen molar-refractivity contribution < 1.29 is 24.3 Å². The first-order chi connectivity index (χ1) is 13.4. The van der Waals surface area contributed by atoms with Crippen molar-refractivity contribution in [2.24, 2.45) is 0 Å². The minimum absolute atomic E-state index is 0.0863. The Bertz CT molecular complexity index is 892. The quantitative estimate of drug-likeness (QED) is 0.200. The van der Waals surface area contributed by atoms with Gasteiger partial charge in [-0.25, -0.2) is 4.79 Å². The average molecular weight is 406 g/mol. The van der Waals surface area contributed by atoms with Crippen LogP contribution < -0.4 is 0 Å². The molecule has 0 bridgehead atoms. The number of carbonyl (C=O) groups excluding carboxylic acids is 1. The van der Waals surface area contributed by atoms with Crippen molar-refractivity contribution >= 4 is 17.6 Å². The fourth-order valence-electron chi connectivity index (χ4n) is 3.63. The highest BCUT2D eigenvalue weighted by atomic mass is 35.5. The summed E-state index contributed by atoms with van der Waals surface area (Å²) in [5, 5.41) is 22.9. The lowest BCUT2D eigenvalue weighted by Gasteiger charge is -2.41. The number of benzene rings is 1. The van der Waals surface area contributed by atoms with Gasteiger partial charge in [-0.1, -0.05) is 30.4 Å². The molecule has 8 heteroatoms. The first kappa shape index (κ1) is 20.1. The highest BCUT2D eigenvalue weighted by Crippen LogP contribution is 2.51. The van der Waals surface area contributed by atoms with Gasteiger partial charge in [0.25, 0.3) is 0 Å². The molecule has 1 aliphatic carbocycles. The summed E-state index contributed by atoms with van der Waals surface area (Å²) < 4.78 is 10.8. The number of ether oxygens (including phenoxy) is 2. The lowest BCUT2D eigenvalue weighted by Crippen LogP contribution is -2.54. The largest absolute Gasteiger partial charge is 0.476 e. The van der Waals surface area contributed by atoms with Crippen molar-refractivity contribution in [1.82, 2.24) is 0 Å². The first-order valence-corrected chi connectivity index (χ1v) is 9.12. The maximum absolute atomic E-state index is 12.2. The van der Waals surface area contributed by atoms with E-state index in [0.717, 1.165) is 5.57 Å². The van der Waals surface area contributed by atoms with Crippen molar-refractivity contribution in [3.8, 4) is 0 Å². The number of hydrogen-bond acceptors (Lipinski definition) is 6. The number of carbonyl (C=O) groups is 1. The molecule has 3 atom stereocenters. The molecular weight excluding hydrogens is 386 g/mol. The number of esters is 1. The van der Waals surface area contributed by atoms with Crippen LogP contribution in [0.3, 0.4) is 0 Å². The van der Waals surface area contributed by atoms with Crippen molar-refractivity contribution in [2.75, 3.05) is 7.11 Å². The van der Waals surface area contributed by atoms with Crippen LogP contribution in [0.1, 0.15) is 41.3 Å². The average Bonchev–Trinajstić information content (AvgIpc) is 2.70. The summed E-state index contributed by atoms with van der Waals surface area (Å²) >= 11 is 6.42. The number of fused-ring (bicyclic) bond motifs is 1. The molecule has 1 aliphatic heterocycles. The van der Waals surface area contributed by atoms with Crippen LogP contribution in [0.2, 0.25) is 0 Å². The number of hydrogen-bond donors (Lipinski definition) is 1. The summed E-state index contributed by atoms with van der Waals surface area (Å²) in [6.07, 6.45) is 2.18. The lowest BCUT2D eigenvalue weighted by molar-refractivity contribution is -0.569. The van der Waals surface area contributed by atoms with Gasteiger partial charge in [-0.05, 0) is 42.5 Å².